The smallest absolute Gasteiger partial charge is 0.338 e. The van der Waals surface area contributed by atoms with Crippen molar-refractivity contribution in [2.45, 2.75) is 13.0 Å². The normalized spacial score (nSPS) is 13.6. The summed E-state index contributed by atoms with van der Waals surface area (Å²) in [6, 6.07) is 1.03. The molecule has 0 amide bonds. The summed E-state index contributed by atoms with van der Waals surface area (Å²) in [5.74, 6) is -2.48. The van der Waals surface area contributed by atoms with Gasteiger partial charge in [0, 0.05) is 28.9 Å². The van der Waals surface area contributed by atoms with Crippen LogP contribution in [0.15, 0.2) is 12.1 Å². The van der Waals surface area contributed by atoms with Gasteiger partial charge in [0.05, 0.1) is 16.6 Å². The molecule has 0 aliphatic rings. The molecule has 2 unspecified atom stereocenters. The van der Waals surface area contributed by atoms with E-state index in [1.807, 2.05) is 0 Å². The summed E-state index contributed by atoms with van der Waals surface area (Å²) in [5, 5.41) is 22.3. The molecule has 0 saturated carbocycles. The zero-order valence-electron chi connectivity index (χ0n) is 10.8. The van der Waals surface area contributed by atoms with Crippen LogP contribution in [0, 0.1) is 15.9 Å². The number of hydrogen-bond acceptors (Lipinski definition) is 5. The summed E-state index contributed by atoms with van der Waals surface area (Å²) in [7, 11) is -1.13. The maximum atomic E-state index is 13.4. The van der Waals surface area contributed by atoms with Gasteiger partial charge >= 0.3 is 5.97 Å². The van der Waals surface area contributed by atoms with Gasteiger partial charge in [-0.05, 0) is 13.0 Å². The van der Waals surface area contributed by atoms with Gasteiger partial charge in [0.1, 0.15) is 11.5 Å². The highest BCUT2D eigenvalue weighted by molar-refractivity contribution is 7.84. The Hall–Kier alpha value is -2.03. The molecule has 2 N–H and O–H groups in total. The Bertz CT molecular complexity index is 578. The fourth-order valence-corrected chi connectivity index (χ4v) is 2.44. The molecular weight excluding hydrogens is 291 g/mol. The molecule has 0 heterocycles. The number of benzene rings is 1. The molecule has 9 heteroatoms. The molecule has 110 valence electrons. The predicted octanol–water partition coefficient (Wildman–Crippen LogP) is 1.61. The first-order valence-electron chi connectivity index (χ1n) is 5.50. The Morgan fingerprint density at radius 2 is 2.20 bits per heavy atom. The maximum absolute atomic E-state index is 13.4. The quantitative estimate of drug-likeness (QED) is 0.610. The van der Waals surface area contributed by atoms with E-state index in [1.54, 1.807) is 6.92 Å². The highest BCUT2D eigenvalue weighted by Crippen LogP contribution is 2.28. The van der Waals surface area contributed by atoms with Crippen molar-refractivity contribution in [1.29, 1.82) is 0 Å². The lowest BCUT2D eigenvalue weighted by atomic mass is 10.1. The molecule has 0 aliphatic carbocycles. The van der Waals surface area contributed by atoms with Crippen LogP contribution in [-0.4, -0.2) is 38.3 Å². The maximum Gasteiger partial charge on any atom is 0.338 e. The van der Waals surface area contributed by atoms with Crippen molar-refractivity contribution < 1.29 is 23.4 Å². The van der Waals surface area contributed by atoms with E-state index < -0.39 is 44.8 Å². The van der Waals surface area contributed by atoms with Gasteiger partial charge in [0.25, 0.3) is 5.69 Å². The standard InChI is InChI=1S/C11H13FN2O5S/c1-6(5-20(2)19)13-9-3-7(11(15)16)8(12)4-10(9)14(17)18/h3-4,6,13H,5H2,1-2H3,(H,15,16). The fraction of sp³-hybridized carbons (Fsp3) is 0.364. The Morgan fingerprint density at radius 1 is 1.60 bits per heavy atom. The second-order valence-corrected chi connectivity index (χ2v) is 5.68. The Morgan fingerprint density at radius 3 is 2.65 bits per heavy atom. The number of nitrogens with one attached hydrogen (secondary N) is 1. The van der Waals surface area contributed by atoms with Crippen molar-refractivity contribution in [3.8, 4) is 0 Å². The largest absolute Gasteiger partial charge is 0.478 e. The van der Waals surface area contributed by atoms with Gasteiger partial charge in [-0.3, -0.25) is 14.3 Å². The lowest BCUT2D eigenvalue weighted by Gasteiger charge is -2.14. The second kappa shape index (κ2) is 6.42. The lowest BCUT2D eigenvalue weighted by molar-refractivity contribution is -0.384. The summed E-state index contributed by atoms with van der Waals surface area (Å²) in [6.45, 7) is 1.63. The van der Waals surface area contributed by atoms with Crippen LogP contribution in [-0.2, 0) is 10.8 Å². The number of aromatic carboxylic acids is 1. The number of nitro groups is 1. The molecule has 1 rings (SSSR count). The first-order chi connectivity index (χ1) is 9.22. The van der Waals surface area contributed by atoms with Crippen LogP contribution in [0.5, 0.6) is 0 Å². The Kier molecular flexibility index (Phi) is 5.14. The number of rotatable bonds is 6. The van der Waals surface area contributed by atoms with Crippen LogP contribution >= 0.6 is 0 Å². The van der Waals surface area contributed by atoms with E-state index in [0.29, 0.717) is 6.07 Å². The molecule has 0 saturated heterocycles. The van der Waals surface area contributed by atoms with Crippen LogP contribution in [0.4, 0.5) is 15.8 Å². The van der Waals surface area contributed by atoms with E-state index in [-0.39, 0.29) is 11.4 Å². The molecule has 0 bridgehead atoms. The van der Waals surface area contributed by atoms with E-state index in [1.165, 1.54) is 6.26 Å². The zero-order valence-corrected chi connectivity index (χ0v) is 11.6. The van der Waals surface area contributed by atoms with Crippen LogP contribution < -0.4 is 5.32 Å². The number of nitrogens with zero attached hydrogens (tertiary/aromatic N) is 1. The van der Waals surface area contributed by atoms with E-state index in [4.69, 9.17) is 5.11 Å². The number of halogens is 1. The summed E-state index contributed by atoms with van der Waals surface area (Å²) >= 11 is 0. The second-order valence-electron chi connectivity index (χ2n) is 4.20. The van der Waals surface area contributed by atoms with Crippen molar-refractivity contribution in [2.24, 2.45) is 0 Å². The van der Waals surface area contributed by atoms with Crippen LogP contribution in [0.1, 0.15) is 17.3 Å². The molecule has 0 aliphatic heterocycles. The minimum absolute atomic E-state index is 0.119. The average Bonchev–Trinajstić information content (AvgIpc) is 2.29. The molecular formula is C11H13FN2O5S. The molecule has 2 atom stereocenters. The van der Waals surface area contributed by atoms with Crippen molar-refractivity contribution in [1.82, 2.24) is 0 Å². The van der Waals surface area contributed by atoms with Gasteiger partial charge in [-0.2, -0.15) is 0 Å². The number of carbonyl (C=O) groups is 1. The van der Waals surface area contributed by atoms with Gasteiger partial charge in [0.15, 0.2) is 0 Å². The van der Waals surface area contributed by atoms with E-state index in [9.17, 15) is 23.5 Å². The monoisotopic (exact) mass is 304 g/mol. The third-order valence-electron chi connectivity index (χ3n) is 2.40. The number of nitro benzene ring substituents is 1. The zero-order chi connectivity index (χ0) is 15.4. The van der Waals surface area contributed by atoms with E-state index in [2.05, 4.69) is 5.32 Å². The summed E-state index contributed by atoms with van der Waals surface area (Å²) in [6.07, 6.45) is 1.47. The van der Waals surface area contributed by atoms with Crippen molar-refractivity contribution in [3.63, 3.8) is 0 Å². The lowest BCUT2D eigenvalue weighted by Crippen LogP contribution is -2.23. The molecule has 0 aromatic heterocycles. The highest BCUT2D eigenvalue weighted by Gasteiger charge is 2.22. The van der Waals surface area contributed by atoms with Gasteiger partial charge in [-0.15, -0.1) is 0 Å². The van der Waals surface area contributed by atoms with Gasteiger partial charge in [0.2, 0.25) is 0 Å². The summed E-state index contributed by atoms with van der Waals surface area (Å²) < 4.78 is 24.5. The Balaban J connectivity index is 3.20. The molecule has 0 radical (unpaired) electrons. The molecule has 1 aromatic carbocycles. The molecule has 0 fully saturated rings. The minimum Gasteiger partial charge on any atom is -0.478 e. The van der Waals surface area contributed by atoms with Crippen LogP contribution in [0.25, 0.3) is 0 Å². The van der Waals surface area contributed by atoms with Gasteiger partial charge < -0.3 is 10.4 Å². The third kappa shape index (κ3) is 3.98. The van der Waals surface area contributed by atoms with Gasteiger partial charge in [-0.1, -0.05) is 0 Å². The van der Waals surface area contributed by atoms with E-state index in [0.717, 1.165) is 6.07 Å². The number of carboxylic acid groups (broad SMARTS) is 1. The summed E-state index contributed by atoms with van der Waals surface area (Å²) in [4.78, 5) is 20.9. The summed E-state index contributed by atoms with van der Waals surface area (Å²) in [5.41, 5.74) is -1.35. The predicted molar refractivity (Wildman–Crippen MR) is 72.0 cm³/mol. The fourth-order valence-electron chi connectivity index (χ4n) is 1.65. The topological polar surface area (TPSA) is 110 Å². The molecule has 7 nitrogen and oxygen atoms in total. The van der Waals surface area contributed by atoms with Crippen molar-refractivity contribution in [2.75, 3.05) is 17.3 Å². The molecule has 0 spiro atoms. The number of hydrogen-bond donors (Lipinski definition) is 2. The Labute approximate surface area is 116 Å². The van der Waals surface area contributed by atoms with Crippen LogP contribution in [0.3, 0.4) is 0 Å². The van der Waals surface area contributed by atoms with Gasteiger partial charge in [-0.25, -0.2) is 9.18 Å². The van der Waals surface area contributed by atoms with Crippen molar-refractivity contribution in [3.05, 3.63) is 33.6 Å². The first kappa shape index (κ1) is 16.0. The number of carboxylic acids is 1. The van der Waals surface area contributed by atoms with Crippen molar-refractivity contribution >= 4 is 28.1 Å². The number of anilines is 1. The molecule has 20 heavy (non-hydrogen) atoms. The van der Waals surface area contributed by atoms with Crippen LogP contribution in [0.2, 0.25) is 0 Å². The molecule has 1 aromatic rings. The third-order valence-corrected chi connectivity index (χ3v) is 3.37. The SMILES string of the molecule is CC(CS(C)=O)Nc1cc(C(=O)O)c(F)cc1[N+](=O)[O-]. The minimum atomic E-state index is -1.52. The highest BCUT2D eigenvalue weighted by atomic mass is 32.2. The average molecular weight is 304 g/mol. The first-order valence-corrected chi connectivity index (χ1v) is 7.23. The van der Waals surface area contributed by atoms with E-state index >= 15 is 0 Å².